The van der Waals surface area contributed by atoms with Crippen LogP contribution in [0.3, 0.4) is 0 Å². The number of hydrogen-bond donors (Lipinski definition) is 1. The summed E-state index contributed by atoms with van der Waals surface area (Å²) in [5.41, 5.74) is 4.15. The highest BCUT2D eigenvalue weighted by atomic mass is 16.5. The van der Waals surface area contributed by atoms with Crippen molar-refractivity contribution in [1.82, 2.24) is 5.43 Å². The summed E-state index contributed by atoms with van der Waals surface area (Å²) < 4.78 is 5.33. The number of benzene rings is 1. The Hall–Kier alpha value is -2.35. The second kappa shape index (κ2) is 7.44. The van der Waals surface area contributed by atoms with Crippen LogP contribution in [-0.2, 0) is 4.79 Å². The molecule has 0 radical (unpaired) electrons. The highest BCUT2D eigenvalue weighted by molar-refractivity contribution is 5.87. The predicted molar refractivity (Wildman–Crippen MR) is 79.9 cm³/mol. The van der Waals surface area contributed by atoms with E-state index in [-0.39, 0.29) is 12.5 Å². The smallest absolute Gasteiger partial charge is 0.277 e. The highest BCUT2D eigenvalue weighted by Gasteiger charge is 2.13. The van der Waals surface area contributed by atoms with Gasteiger partial charge in [-0.2, -0.15) is 10.4 Å². The van der Waals surface area contributed by atoms with Crippen LogP contribution in [0.25, 0.3) is 0 Å². The summed E-state index contributed by atoms with van der Waals surface area (Å²) in [5.74, 6) is 1.04. The normalized spacial score (nSPS) is 17.7. The van der Waals surface area contributed by atoms with Gasteiger partial charge in [-0.05, 0) is 55.9 Å². The predicted octanol–water partition coefficient (Wildman–Crippen LogP) is 2.62. The van der Waals surface area contributed by atoms with Gasteiger partial charge in [0.25, 0.3) is 5.91 Å². The van der Waals surface area contributed by atoms with Crippen LogP contribution in [0.15, 0.2) is 29.4 Å². The number of nitriles is 1. The van der Waals surface area contributed by atoms with E-state index in [4.69, 9.17) is 10.00 Å². The minimum atomic E-state index is -0.273. The lowest BCUT2D eigenvalue weighted by molar-refractivity contribution is -0.123. The lowest BCUT2D eigenvalue weighted by atomic mass is 9.90. The van der Waals surface area contributed by atoms with Gasteiger partial charge in [0.1, 0.15) is 5.75 Å². The molecule has 1 fully saturated rings. The van der Waals surface area contributed by atoms with Crippen LogP contribution in [0.5, 0.6) is 5.75 Å². The number of hydrazone groups is 1. The average molecular weight is 285 g/mol. The topological polar surface area (TPSA) is 74.5 Å². The van der Waals surface area contributed by atoms with Crippen molar-refractivity contribution in [2.24, 2.45) is 11.0 Å². The summed E-state index contributed by atoms with van der Waals surface area (Å²) in [7, 11) is 0. The van der Waals surface area contributed by atoms with Crippen molar-refractivity contribution in [2.45, 2.75) is 32.6 Å². The Balaban J connectivity index is 1.74. The van der Waals surface area contributed by atoms with E-state index in [2.05, 4.69) is 17.5 Å². The molecular formula is C16H19N3O2. The summed E-state index contributed by atoms with van der Waals surface area (Å²) in [5, 5.41) is 12.8. The molecule has 21 heavy (non-hydrogen) atoms. The first kappa shape index (κ1) is 15.0. The van der Waals surface area contributed by atoms with E-state index in [1.807, 2.05) is 6.07 Å². The Morgan fingerprint density at radius 1 is 1.38 bits per heavy atom. The van der Waals surface area contributed by atoms with Crippen molar-refractivity contribution in [3.8, 4) is 11.8 Å². The molecule has 0 bridgehead atoms. The molecule has 5 nitrogen and oxygen atoms in total. The zero-order valence-corrected chi connectivity index (χ0v) is 12.1. The molecule has 1 N–H and O–H groups in total. The van der Waals surface area contributed by atoms with Gasteiger partial charge >= 0.3 is 0 Å². The summed E-state index contributed by atoms with van der Waals surface area (Å²) in [6, 6.07) is 8.66. The van der Waals surface area contributed by atoms with Gasteiger partial charge in [0, 0.05) is 5.71 Å². The third kappa shape index (κ3) is 4.92. The van der Waals surface area contributed by atoms with E-state index < -0.39 is 0 Å². The molecular weight excluding hydrogens is 266 g/mol. The lowest BCUT2D eigenvalue weighted by Crippen LogP contribution is -2.26. The third-order valence-corrected chi connectivity index (χ3v) is 3.54. The lowest BCUT2D eigenvalue weighted by Gasteiger charge is -2.18. The van der Waals surface area contributed by atoms with E-state index >= 15 is 0 Å². The molecule has 2 rings (SSSR count). The molecule has 1 aromatic carbocycles. The molecule has 110 valence electrons. The molecule has 0 saturated heterocycles. The zero-order chi connectivity index (χ0) is 15.1. The third-order valence-electron chi connectivity index (χ3n) is 3.54. The number of carbonyl (C=O) groups is 1. The standard InChI is InChI=1S/C16H19N3O2/c1-12-2-6-14(7-3-12)18-19-16(20)11-21-15-8-4-13(10-17)5-9-15/h4-5,8-9,12H,2-3,6-7,11H2,1H3,(H,19,20). The Bertz CT molecular complexity index is 548. The molecule has 0 unspecified atom stereocenters. The van der Waals surface area contributed by atoms with Crippen LogP contribution in [-0.4, -0.2) is 18.2 Å². The maximum Gasteiger partial charge on any atom is 0.277 e. The van der Waals surface area contributed by atoms with Gasteiger partial charge in [-0.25, -0.2) is 5.43 Å². The van der Waals surface area contributed by atoms with Gasteiger partial charge in [-0.1, -0.05) is 6.92 Å². The maximum absolute atomic E-state index is 11.7. The van der Waals surface area contributed by atoms with Gasteiger partial charge in [0.05, 0.1) is 11.6 Å². The van der Waals surface area contributed by atoms with Gasteiger partial charge < -0.3 is 4.74 Å². The first-order valence-electron chi connectivity index (χ1n) is 7.14. The Labute approximate surface area is 124 Å². The SMILES string of the molecule is CC1CCC(=NNC(=O)COc2ccc(C#N)cc2)CC1. The molecule has 0 aromatic heterocycles. The molecule has 0 heterocycles. The van der Waals surface area contributed by atoms with E-state index in [0.717, 1.165) is 37.3 Å². The molecule has 0 atom stereocenters. The van der Waals surface area contributed by atoms with Crippen LogP contribution in [0.4, 0.5) is 0 Å². The molecule has 1 aliphatic carbocycles. The van der Waals surface area contributed by atoms with Crippen LogP contribution >= 0.6 is 0 Å². The number of carbonyl (C=O) groups excluding carboxylic acids is 1. The van der Waals surface area contributed by atoms with Crippen LogP contribution in [0, 0.1) is 17.2 Å². The first-order chi connectivity index (χ1) is 10.2. The van der Waals surface area contributed by atoms with Crippen molar-refractivity contribution in [3.05, 3.63) is 29.8 Å². The monoisotopic (exact) mass is 285 g/mol. The van der Waals surface area contributed by atoms with Crippen molar-refractivity contribution >= 4 is 11.6 Å². The zero-order valence-electron chi connectivity index (χ0n) is 12.1. The maximum atomic E-state index is 11.7. The summed E-state index contributed by atoms with van der Waals surface area (Å²) in [6.07, 6.45) is 4.18. The Morgan fingerprint density at radius 3 is 2.67 bits per heavy atom. The Kier molecular flexibility index (Phi) is 5.33. The van der Waals surface area contributed by atoms with Crippen molar-refractivity contribution in [1.29, 1.82) is 5.26 Å². The molecule has 1 aliphatic rings. The van der Waals surface area contributed by atoms with Gasteiger partial charge in [-0.15, -0.1) is 0 Å². The fourth-order valence-electron chi connectivity index (χ4n) is 2.16. The largest absolute Gasteiger partial charge is 0.484 e. The van der Waals surface area contributed by atoms with Gasteiger partial charge in [0.15, 0.2) is 6.61 Å². The number of amides is 1. The highest BCUT2D eigenvalue weighted by Crippen LogP contribution is 2.20. The molecule has 5 heteroatoms. The molecule has 1 aromatic rings. The van der Waals surface area contributed by atoms with Crippen LogP contribution in [0.2, 0.25) is 0 Å². The van der Waals surface area contributed by atoms with Gasteiger partial charge in [-0.3, -0.25) is 4.79 Å². The van der Waals surface area contributed by atoms with Crippen LogP contribution in [0.1, 0.15) is 38.2 Å². The van der Waals surface area contributed by atoms with E-state index in [0.29, 0.717) is 11.3 Å². The second-order valence-corrected chi connectivity index (χ2v) is 5.32. The fraction of sp³-hybridized carbons (Fsp3) is 0.438. The molecule has 1 amide bonds. The van der Waals surface area contributed by atoms with E-state index in [9.17, 15) is 4.79 Å². The van der Waals surface area contributed by atoms with Crippen molar-refractivity contribution < 1.29 is 9.53 Å². The number of hydrogen-bond acceptors (Lipinski definition) is 4. The number of rotatable bonds is 4. The molecule has 0 spiro atoms. The van der Waals surface area contributed by atoms with E-state index in [1.165, 1.54) is 0 Å². The minimum absolute atomic E-state index is 0.0842. The quantitative estimate of drug-likeness (QED) is 0.864. The molecule has 1 saturated carbocycles. The first-order valence-corrected chi connectivity index (χ1v) is 7.14. The summed E-state index contributed by atoms with van der Waals surface area (Å²) >= 11 is 0. The summed E-state index contributed by atoms with van der Waals surface area (Å²) in [4.78, 5) is 11.7. The number of nitrogens with one attached hydrogen (secondary N) is 1. The fourth-order valence-corrected chi connectivity index (χ4v) is 2.16. The average Bonchev–Trinajstić information content (AvgIpc) is 2.53. The van der Waals surface area contributed by atoms with Crippen LogP contribution < -0.4 is 10.2 Å². The summed E-state index contributed by atoms with van der Waals surface area (Å²) in [6.45, 7) is 2.15. The second-order valence-electron chi connectivity index (χ2n) is 5.32. The van der Waals surface area contributed by atoms with Crippen molar-refractivity contribution in [2.75, 3.05) is 6.61 Å². The number of nitrogens with zero attached hydrogens (tertiary/aromatic N) is 2. The van der Waals surface area contributed by atoms with Gasteiger partial charge in [0.2, 0.25) is 0 Å². The number of ether oxygens (including phenoxy) is 1. The van der Waals surface area contributed by atoms with Crippen molar-refractivity contribution in [3.63, 3.8) is 0 Å². The Morgan fingerprint density at radius 2 is 2.05 bits per heavy atom. The minimum Gasteiger partial charge on any atom is -0.484 e. The van der Waals surface area contributed by atoms with E-state index in [1.54, 1.807) is 24.3 Å². The molecule has 0 aliphatic heterocycles.